The zero-order chi connectivity index (χ0) is 14.3. The monoisotopic (exact) mass is 274 g/mol. The summed E-state index contributed by atoms with van der Waals surface area (Å²) in [5, 5.41) is 13.2. The average molecular weight is 274 g/mol. The predicted molar refractivity (Wildman–Crippen MR) is 72.0 cm³/mol. The molecule has 0 bridgehead atoms. The van der Waals surface area contributed by atoms with E-state index in [9.17, 15) is 9.18 Å². The van der Waals surface area contributed by atoms with Crippen molar-refractivity contribution in [3.05, 3.63) is 41.5 Å². The van der Waals surface area contributed by atoms with Crippen molar-refractivity contribution in [3.63, 3.8) is 0 Å². The molecule has 0 amide bonds. The summed E-state index contributed by atoms with van der Waals surface area (Å²) < 4.78 is 15.7. The van der Waals surface area contributed by atoms with Crippen molar-refractivity contribution >= 4 is 5.97 Å². The highest BCUT2D eigenvalue weighted by Gasteiger charge is 2.22. The number of aromatic carboxylic acids is 1. The van der Waals surface area contributed by atoms with Crippen molar-refractivity contribution in [2.24, 2.45) is 5.92 Å². The lowest BCUT2D eigenvalue weighted by molar-refractivity contribution is 0.0692. The predicted octanol–water partition coefficient (Wildman–Crippen LogP) is 3.11. The molecule has 0 aliphatic heterocycles. The minimum Gasteiger partial charge on any atom is -0.478 e. The summed E-state index contributed by atoms with van der Waals surface area (Å²) in [7, 11) is 0. The van der Waals surface area contributed by atoms with Crippen molar-refractivity contribution in [3.8, 4) is 11.1 Å². The second-order valence-electron chi connectivity index (χ2n) is 5.35. The van der Waals surface area contributed by atoms with Crippen LogP contribution in [0.1, 0.15) is 28.8 Å². The first-order valence-electron chi connectivity index (χ1n) is 6.61. The van der Waals surface area contributed by atoms with Gasteiger partial charge in [0.1, 0.15) is 5.82 Å². The fraction of sp³-hybridized carbons (Fsp3) is 0.333. The highest BCUT2D eigenvalue weighted by molar-refractivity contribution is 5.89. The molecule has 1 aliphatic rings. The van der Waals surface area contributed by atoms with Gasteiger partial charge in [-0.15, -0.1) is 0 Å². The molecule has 0 spiro atoms. The Morgan fingerprint density at radius 2 is 2.25 bits per heavy atom. The Balaban J connectivity index is 1.94. The van der Waals surface area contributed by atoms with Crippen molar-refractivity contribution < 1.29 is 14.3 Å². The Kier molecular flexibility index (Phi) is 3.04. The van der Waals surface area contributed by atoms with Crippen molar-refractivity contribution in [2.45, 2.75) is 26.3 Å². The minimum atomic E-state index is -1.25. The number of rotatable bonds is 4. The number of halogens is 1. The summed E-state index contributed by atoms with van der Waals surface area (Å²) in [5.74, 6) is -1.25. The number of carboxylic acid groups (broad SMARTS) is 1. The highest BCUT2D eigenvalue weighted by Crippen LogP contribution is 2.31. The van der Waals surface area contributed by atoms with Gasteiger partial charge in [0.2, 0.25) is 0 Å². The van der Waals surface area contributed by atoms with E-state index in [2.05, 4.69) is 5.10 Å². The standard InChI is InChI=1S/C15H15FN2O2/c1-9-4-13(15(19)20)14(16)5-12(9)11-6-17-18(8-11)7-10-2-3-10/h4-6,8,10H,2-3,7H2,1H3,(H,19,20). The first-order chi connectivity index (χ1) is 9.54. The molecule has 20 heavy (non-hydrogen) atoms. The summed E-state index contributed by atoms with van der Waals surface area (Å²) in [4.78, 5) is 10.9. The van der Waals surface area contributed by atoms with Crippen LogP contribution in [-0.2, 0) is 6.54 Å². The van der Waals surface area contributed by atoms with Crippen LogP contribution in [0.4, 0.5) is 4.39 Å². The van der Waals surface area contributed by atoms with Gasteiger partial charge in [-0.3, -0.25) is 4.68 Å². The molecule has 0 saturated heterocycles. The third-order valence-corrected chi connectivity index (χ3v) is 3.63. The van der Waals surface area contributed by atoms with E-state index in [1.54, 1.807) is 13.1 Å². The van der Waals surface area contributed by atoms with Crippen LogP contribution >= 0.6 is 0 Å². The van der Waals surface area contributed by atoms with Gasteiger partial charge in [-0.05, 0) is 48.9 Å². The maximum Gasteiger partial charge on any atom is 0.338 e. The largest absolute Gasteiger partial charge is 0.478 e. The molecule has 0 atom stereocenters. The molecule has 104 valence electrons. The smallest absolute Gasteiger partial charge is 0.338 e. The number of aromatic nitrogens is 2. The van der Waals surface area contributed by atoms with Crippen LogP contribution in [-0.4, -0.2) is 20.9 Å². The quantitative estimate of drug-likeness (QED) is 0.932. The number of hydrogen-bond donors (Lipinski definition) is 1. The van der Waals surface area contributed by atoms with Gasteiger partial charge < -0.3 is 5.11 Å². The summed E-state index contributed by atoms with van der Waals surface area (Å²) in [6, 6.07) is 2.64. The number of nitrogens with zero attached hydrogens (tertiary/aromatic N) is 2. The van der Waals surface area contributed by atoms with Gasteiger partial charge in [0.25, 0.3) is 0 Å². The van der Waals surface area contributed by atoms with E-state index in [0.717, 1.165) is 23.6 Å². The van der Waals surface area contributed by atoms with E-state index >= 15 is 0 Å². The Morgan fingerprint density at radius 1 is 1.50 bits per heavy atom. The third-order valence-electron chi connectivity index (χ3n) is 3.63. The Labute approximate surface area is 115 Å². The third kappa shape index (κ3) is 2.43. The van der Waals surface area contributed by atoms with Crippen LogP contribution in [0.25, 0.3) is 11.1 Å². The zero-order valence-corrected chi connectivity index (χ0v) is 11.1. The van der Waals surface area contributed by atoms with Crippen molar-refractivity contribution in [1.29, 1.82) is 0 Å². The van der Waals surface area contributed by atoms with E-state index in [1.165, 1.54) is 25.0 Å². The van der Waals surface area contributed by atoms with Crippen LogP contribution in [0, 0.1) is 18.7 Å². The molecule has 1 aliphatic carbocycles. The molecule has 4 nitrogen and oxygen atoms in total. The van der Waals surface area contributed by atoms with Gasteiger partial charge in [0, 0.05) is 18.3 Å². The average Bonchev–Trinajstić information content (AvgIpc) is 3.08. The van der Waals surface area contributed by atoms with Gasteiger partial charge >= 0.3 is 5.97 Å². The number of carbonyl (C=O) groups is 1. The summed E-state index contributed by atoms with van der Waals surface area (Å²) in [6.45, 7) is 2.67. The summed E-state index contributed by atoms with van der Waals surface area (Å²) >= 11 is 0. The fourth-order valence-corrected chi connectivity index (χ4v) is 2.32. The Morgan fingerprint density at radius 3 is 2.90 bits per heavy atom. The zero-order valence-electron chi connectivity index (χ0n) is 11.1. The van der Waals surface area contributed by atoms with Crippen LogP contribution in [0.5, 0.6) is 0 Å². The topological polar surface area (TPSA) is 55.1 Å². The van der Waals surface area contributed by atoms with E-state index in [1.807, 2.05) is 10.9 Å². The highest BCUT2D eigenvalue weighted by atomic mass is 19.1. The van der Waals surface area contributed by atoms with Gasteiger partial charge in [-0.2, -0.15) is 5.10 Å². The van der Waals surface area contributed by atoms with Crippen LogP contribution < -0.4 is 0 Å². The first kappa shape index (κ1) is 12.8. The first-order valence-corrected chi connectivity index (χ1v) is 6.61. The maximum absolute atomic E-state index is 13.8. The molecular weight excluding hydrogens is 259 g/mol. The minimum absolute atomic E-state index is 0.295. The number of aryl methyl sites for hydroxylation is 1. The second kappa shape index (κ2) is 4.74. The number of carboxylic acids is 1. The Bertz CT molecular complexity index is 675. The molecule has 1 aromatic carbocycles. The summed E-state index contributed by atoms with van der Waals surface area (Å²) in [6.07, 6.45) is 6.08. The molecule has 1 heterocycles. The lowest BCUT2D eigenvalue weighted by Crippen LogP contribution is -2.02. The van der Waals surface area contributed by atoms with E-state index in [-0.39, 0.29) is 5.56 Å². The molecule has 1 fully saturated rings. The molecule has 1 aromatic heterocycles. The molecule has 0 radical (unpaired) electrons. The molecule has 3 rings (SSSR count). The molecule has 5 heteroatoms. The SMILES string of the molecule is Cc1cc(C(=O)O)c(F)cc1-c1cnn(CC2CC2)c1. The van der Waals surface area contributed by atoms with Gasteiger partial charge in [-0.1, -0.05) is 0 Å². The molecule has 1 N–H and O–H groups in total. The second-order valence-corrected chi connectivity index (χ2v) is 5.35. The molecule has 1 saturated carbocycles. The maximum atomic E-state index is 13.8. The van der Waals surface area contributed by atoms with E-state index in [4.69, 9.17) is 5.11 Å². The number of hydrogen-bond acceptors (Lipinski definition) is 2. The van der Waals surface area contributed by atoms with Gasteiger partial charge in [0.05, 0.1) is 11.8 Å². The van der Waals surface area contributed by atoms with Crippen molar-refractivity contribution in [2.75, 3.05) is 0 Å². The van der Waals surface area contributed by atoms with Gasteiger partial charge in [0.15, 0.2) is 0 Å². The van der Waals surface area contributed by atoms with Gasteiger partial charge in [-0.25, -0.2) is 9.18 Å². The van der Waals surface area contributed by atoms with Crippen LogP contribution in [0.15, 0.2) is 24.5 Å². The van der Waals surface area contributed by atoms with Crippen LogP contribution in [0.2, 0.25) is 0 Å². The Hall–Kier alpha value is -2.17. The molecular formula is C15H15FN2O2. The lowest BCUT2D eigenvalue weighted by Gasteiger charge is -2.06. The summed E-state index contributed by atoms with van der Waals surface area (Å²) in [5.41, 5.74) is 1.94. The lowest BCUT2D eigenvalue weighted by atomic mass is 10.0. The van der Waals surface area contributed by atoms with Crippen LogP contribution in [0.3, 0.4) is 0 Å². The van der Waals surface area contributed by atoms with E-state index < -0.39 is 11.8 Å². The molecule has 2 aromatic rings. The number of benzene rings is 1. The normalized spacial score (nSPS) is 14.5. The fourth-order valence-electron chi connectivity index (χ4n) is 2.32. The van der Waals surface area contributed by atoms with E-state index in [0.29, 0.717) is 5.56 Å². The molecule has 0 unspecified atom stereocenters. The van der Waals surface area contributed by atoms with Crippen molar-refractivity contribution in [1.82, 2.24) is 9.78 Å².